The van der Waals surface area contributed by atoms with Crippen LogP contribution in [0.5, 0.6) is 0 Å². The normalized spacial score (nSPS) is 15.0. The van der Waals surface area contributed by atoms with Crippen LogP contribution >= 0.6 is 23.2 Å². The Bertz CT molecular complexity index is 1380. The molecule has 0 atom stereocenters. The van der Waals surface area contributed by atoms with E-state index in [1.54, 1.807) is 30.0 Å². The highest BCUT2D eigenvalue weighted by molar-refractivity contribution is 6.35. The summed E-state index contributed by atoms with van der Waals surface area (Å²) in [5.41, 5.74) is 6.21. The van der Waals surface area contributed by atoms with E-state index in [9.17, 15) is 9.59 Å². The number of allylic oxidation sites excluding steroid dienone is 1. The molecule has 0 radical (unpaired) electrons. The third-order valence-corrected chi connectivity index (χ3v) is 6.54. The predicted octanol–water partition coefficient (Wildman–Crippen LogP) is 6.59. The number of nitrogens with zero attached hydrogens (tertiary/aromatic N) is 2. The average molecular weight is 495 g/mol. The van der Waals surface area contributed by atoms with E-state index in [0.29, 0.717) is 21.4 Å². The van der Waals surface area contributed by atoms with Crippen LogP contribution in [0.15, 0.2) is 65.4 Å². The average Bonchev–Trinajstić information content (AvgIpc) is 3.20. The molecule has 1 aromatic heterocycles. The summed E-state index contributed by atoms with van der Waals surface area (Å²) in [6.07, 6.45) is 1.74. The van der Waals surface area contributed by atoms with Gasteiger partial charge in [0.25, 0.3) is 5.91 Å². The molecule has 4 rings (SSSR count). The van der Waals surface area contributed by atoms with Gasteiger partial charge < -0.3 is 9.30 Å². The molecule has 0 fully saturated rings. The Balaban J connectivity index is 1.85. The standard InChI is InChI=1S/C27H24Cl2N2O3/c1-15-6-9-21(10-7-15)31-18(4)25(27(33)34-5)22(26(31)32)13-19-12-16(2)30(17(19)3)24-11-8-20(28)14-23(24)29/h6-14H,1-5H3/b22-13-. The number of rotatable bonds is 4. The molecule has 0 spiro atoms. The lowest BCUT2D eigenvalue weighted by Crippen LogP contribution is -2.24. The lowest BCUT2D eigenvalue weighted by Gasteiger charge is -2.18. The van der Waals surface area contributed by atoms with Crippen LogP contribution in [0.25, 0.3) is 11.8 Å². The van der Waals surface area contributed by atoms with E-state index >= 15 is 0 Å². The zero-order valence-electron chi connectivity index (χ0n) is 19.6. The minimum Gasteiger partial charge on any atom is -0.465 e. The van der Waals surface area contributed by atoms with Gasteiger partial charge in [0.2, 0.25) is 0 Å². The molecule has 0 saturated carbocycles. The number of hydrogen-bond acceptors (Lipinski definition) is 3. The zero-order valence-corrected chi connectivity index (χ0v) is 21.1. The number of methoxy groups -OCH3 is 1. The van der Waals surface area contributed by atoms with Crippen molar-refractivity contribution >= 4 is 46.8 Å². The first-order chi connectivity index (χ1) is 16.1. The van der Waals surface area contributed by atoms with Crippen molar-refractivity contribution in [3.05, 3.63) is 97.9 Å². The maximum Gasteiger partial charge on any atom is 0.340 e. The van der Waals surface area contributed by atoms with Gasteiger partial charge >= 0.3 is 5.97 Å². The van der Waals surface area contributed by atoms with Crippen LogP contribution in [0.1, 0.15) is 29.4 Å². The smallest absolute Gasteiger partial charge is 0.340 e. The summed E-state index contributed by atoms with van der Waals surface area (Å²) in [7, 11) is 1.31. The van der Waals surface area contributed by atoms with Crippen molar-refractivity contribution in [2.24, 2.45) is 0 Å². The molecule has 2 aromatic carbocycles. The summed E-state index contributed by atoms with van der Waals surface area (Å²) in [5, 5.41) is 1.07. The van der Waals surface area contributed by atoms with E-state index in [1.807, 2.05) is 61.7 Å². The lowest BCUT2D eigenvalue weighted by molar-refractivity contribution is -0.136. The van der Waals surface area contributed by atoms with E-state index in [1.165, 1.54) is 7.11 Å². The molecular weight excluding hydrogens is 471 g/mol. The zero-order chi connectivity index (χ0) is 24.7. The number of esters is 1. The van der Waals surface area contributed by atoms with E-state index < -0.39 is 5.97 Å². The first kappa shape index (κ1) is 23.9. The molecule has 0 saturated heterocycles. The van der Waals surface area contributed by atoms with Crippen molar-refractivity contribution in [3.63, 3.8) is 0 Å². The minimum atomic E-state index is -0.554. The Morgan fingerprint density at radius 3 is 2.26 bits per heavy atom. The van der Waals surface area contributed by atoms with Crippen LogP contribution in [0.4, 0.5) is 5.69 Å². The van der Waals surface area contributed by atoms with Crippen LogP contribution in [-0.4, -0.2) is 23.6 Å². The predicted molar refractivity (Wildman–Crippen MR) is 137 cm³/mol. The number of hydrogen-bond donors (Lipinski definition) is 0. The van der Waals surface area contributed by atoms with Crippen LogP contribution in [0.3, 0.4) is 0 Å². The topological polar surface area (TPSA) is 51.5 Å². The fourth-order valence-electron chi connectivity index (χ4n) is 4.31. The van der Waals surface area contributed by atoms with Gasteiger partial charge in [-0.15, -0.1) is 0 Å². The number of carbonyl (C=O) groups is 2. The summed E-state index contributed by atoms with van der Waals surface area (Å²) < 4.78 is 7.02. The second kappa shape index (κ2) is 9.16. The number of benzene rings is 2. The van der Waals surface area contributed by atoms with Gasteiger partial charge in [-0.25, -0.2) is 4.79 Å². The Kier molecular flexibility index (Phi) is 6.43. The Morgan fingerprint density at radius 1 is 0.971 bits per heavy atom. The number of ether oxygens (including phenoxy) is 1. The van der Waals surface area contributed by atoms with Crippen molar-refractivity contribution in [1.82, 2.24) is 4.57 Å². The fraction of sp³-hybridized carbons (Fsp3) is 0.185. The Hall–Kier alpha value is -3.28. The van der Waals surface area contributed by atoms with Crippen molar-refractivity contribution in [3.8, 4) is 5.69 Å². The van der Waals surface area contributed by atoms with Gasteiger partial charge in [0.05, 0.1) is 29.0 Å². The molecule has 1 aliphatic heterocycles. The molecule has 1 aliphatic rings. The second-order valence-corrected chi connectivity index (χ2v) is 9.09. The van der Waals surface area contributed by atoms with Gasteiger partial charge in [0.15, 0.2) is 0 Å². The van der Waals surface area contributed by atoms with Crippen LogP contribution in [0, 0.1) is 20.8 Å². The molecule has 34 heavy (non-hydrogen) atoms. The van der Waals surface area contributed by atoms with Gasteiger partial charge in [-0.3, -0.25) is 9.69 Å². The molecule has 0 aliphatic carbocycles. The van der Waals surface area contributed by atoms with Crippen molar-refractivity contribution in [1.29, 1.82) is 0 Å². The summed E-state index contributed by atoms with van der Waals surface area (Å²) in [4.78, 5) is 27.8. The van der Waals surface area contributed by atoms with Gasteiger partial charge in [-0.05, 0) is 75.7 Å². The molecule has 0 bridgehead atoms. The monoisotopic (exact) mass is 494 g/mol. The molecule has 7 heteroatoms. The van der Waals surface area contributed by atoms with Crippen molar-refractivity contribution < 1.29 is 14.3 Å². The molecule has 1 amide bonds. The Labute approximate surface area is 208 Å². The van der Waals surface area contributed by atoms with Gasteiger partial charge in [-0.1, -0.05) is 40.9 Å². The number of aryl methyl sites for hydroxylation is 2. The largest absolute Gasteiger partial charge is 0.465 e. The highest BCUT2D eigenvalue weighted by Gasteiger charge is 2.38. The fourth-order valence-corrected chi connectivity index (χ4v) is 4.80. The highest BCUT2D eigenvalue weighted by atomic mass is 35.5. The van der Waals surface area contributed by atoms with E-state index in [0.717, 1.165) is 28.2 Å². The van der Waals surface area contributed by atoms with Crippen molar-refractivity contribution in [2.75, 3.05) is 12.0 Å². The summed E-state index contributed by atoms with van der Waals surface area (Å²) in [6, 6.07) is 14.9. The first-order valence-electron chi connectivity index (χ1n) is 10.7. The molecular formula is C27H24Cl2N2O3. The first-order valence-corrected chi connectivity index (χ1v) is 11.5. The number of aromatic nitrogens is 1. The molecule has 174 valence electrons. The lowest BCUT2D eigenvalue weighted by atomic mass is 10.0. The Morgan fingerprint density at radius 2 is 1.65 bits per heavy atom. The second-order valence-electron chi connectivity index (χ2n) is 8.24. The summed E-state index contributed by atoms with van der Waals surface area (Å²) in [6.45, 7) is 7.63. The third kappa shape index (κ3) is 4.06. The molecule has 3 aromatic rings. The van der Waals surface area contributed by atoms with Crippen LogP contribution in [-0.2, 0) is 14.3 Å². The number of halogens is 2. The van der Waals surface area contributed by atoms with Crippen molar-refractivity contribution in [2.45, 2.75) is 27.7 Å². The van der Waals surface area contributed by atoms with E-state index in [-0.39, 0.29) is 17.1 Å². The van der Waals surface area contributed by atoms with Crippen LogP contribution in [0.2, 0.25) is 10.0 Å². The maximum atomic E-state index is 13.6. The minimum absolute atomic E-state index is 0.252. The number of amides is 1. The maximum absolute atomic E-state index is 13.6. The van der Waals surface area contributed by atoms with Crippen LogP contribution < -0.4 is 4.90 Å². The molecule has 0 unspecified atom stereocenters. The summed E-state index contributed by atoms with van der Waals surface area (Å²) >= 11 is 12.5. The molecule has 2 heterocycles. The highest BCUT2D eigenvalue weighted by Crippen LogP contribution is 2.37. The SMILES string of the molecule is COC(=O)C1=C(C)N(c2ccc(C)cc2)C(=O)/C1=C\c1cc(C)n(-c2ccc(Cl)cc2Cl)c1C. The third-order valence-electron chi connectivity index (χ3n) is 6.00. The van der Waals surface area contributed by atoms with Gasteiger partial charge in [0.1, 0.15) is 0 Å². The van der Waals surface area contributed by atoms with Gasteiger partial charge in [-0.2, -0.15) is 0 Å². The summed E-state index contributed by atoms with van der Waals surface area (Å²) in [5.74, 6) is -0.836. The number of anilines is 1. The van der Waals surface area contributed by atoms with E-state index in [4.69, 9.17) is 27.9 Å². The molecule has 0 N–H and O–H groups in total. The molecule has 5 nitrogen and oxygen atoms in total. The quantitative estimate of drug-likeness (QED) is 0.303. The van der Waals surface area contributed by atoms with E-state index in [2.05, 4.69) is 0 Å². The van der Waals surface area contributed by atoms with Gasteiger partial charge in [0, 0.05) is 27.8 Å². The number of carbonyl (C=O) groups excluding carboxylic acids is 2.